The fourth-order valence-corrected chi connectivity index (χ4v) is 7.10. The minimum absolute atomic E-state index is 0.0690. The Morgan fingerprint density at radius 2 is 0.653 bits per heavy atom. The summed E-state index contributed by atoms with van der Waals surface area (Å²) in [4.78, 5) is 24.0. The molecule has 0 aromatic carbocycles. The van der Waals surface area contributed by atoms with Gasteiger partial charge in [-0.05, 0) is 24.7 Å². The van der Waals surface area contributed by atoms with Gasteiger partial charge in [-0.25, -0.2) is 0 Å². The first kappa shape index (κ1) is 48.3. The molecule has 0 aliphatic carbocycles. The summed E-state index contributed by atoms with van der Waals surface area (Å²) in [7, 11) is 0. The van der Waals surface area contributed by atoms with Crippen molar-refractivity contribution in [3.8, 4) is 0 Å². The van der Waals surface area contributed by atoms with E-state index < -0.39 is 0 Å². The summed E-state index contributed by atoms with van der Waals surface area (Å²) < 4.78 is 10.7. The SMILES string of the molecule is CCC(C)CCCCCCCCCCCCCCCC(=O)OCCSCCOC(=O)CCCCCCCCCCCCCCCC(C)CC. The van der Waals surface area contributed by atoms with Crippen LogP contribution in [0.3, 0.4) is 0 Å². The maximum atomic E-state index is 12.0. The van der Waals surface area contributed by atoms with Crippen molar-refractivity contribution in [2.45, 2.75) is 233 Å². The van der Waals surface area contributed by atoms with E-state index in [1.165, 1.54) is 167 Å². The molecule has 0 spiro atoms. The lowest BCUT2D eigenvalue weighted by atomic mass is 9.99. The zero-order valence-electron chi connectivity index (χ0n) is 33.7. The lowest BCUT2D eigenvalue weighted by molar-refractivity contribution is -0.143. The number of hydrogen-bond acceptors (Lipinski definition) is 5. The highest BCUT2D eigenvalue weighted by molar-refractivity contribution is 7.99. The zero-order chi connectivity index (χ0) is 35.9. The molecule has 5 heteroatoms. The van der Waals surface area contributed by atoms with E-state index in [1.54, 1.807) is 11.8 Å². The molecule has 0 rings (SSSR count). The Morgan fingerprint density at radius 1 is 0.408 bits per heavy atom. The summed E-state index contributed by atoms with van der Waals surface area (Å²) in [6.45, 7) is 10.3. The van der Waals surface area contributed by atoms with Crippen LogP contribution >= 0.6 is 11.8 Å². The minimum Gasteiger partial charge on any atom is -0.465 e. The number of carbonyl (C=O) groups excluding carboxylic acids is 2. The third-order valence-corrected chi connectivity index (χ3v) is 11.4. The molecule has 0 aromatic heterocycles. The van der Waals surface area contributed by atoms with Gasteiger partial charge in [0, 0.05) is 24.3 Å². The predicted molar refractivity (Wildman–Crippen MR) is 217 cm³/mol. The number of ether oxygens (including phenoxy) is 2. The summed E-state index contributed by atoms with van der Waals surface area (Å²) in [5, 5.41) is 0. The molecule has 0 amide bonds. The molecule has 0 saturated carbocycles. The molecule has 0 heterocycles. The zero-order valence-corrected chi connectivity index (χ0v) is 34.5. The first-order valence-corrected chi connectivity index (χ1v) is 23.0. The van der Waals surface area contributed by atoms with Crippen LogP contribution in [0.5, 0.6) is 0 Å². The molecule has 0 radical (unpaired) electrons. The van der Waals surface area contributed by atoms with Crippen LogP contribution in [0, 0.1) is 11.8 Å². The molecule has 2 unspecified atom stereocenters. The first-order chi connectivity index (χ1) is 24.0. The molecule has 0 aromatic rings. The Morgan fingerprint density at radius 3 is 0.918 bits per heavy atom. The van der Waals surface area contributed by atoms with Crippen LogP contribution in [0.25, 0.3) is 0 Å². The third kappa shape index (κ3) is 39.9. The van der Waals surface area contributed by atoms with Gasteiger partial charge >= 0.3 is 11.9 Å². The summed E-state index contributed by atoms with van der Waals surface area (Å²) in [6, 6.07) is 0. The molecule has 4 nitrogen and oxygen atoms in total. The van der Waals surface area contributed by atoms with Crippen LogP contribution in [0.1, 0.15) is 233 Å². The Kier molecular flexibility index (Phi) is 39.5. The number of carbonyl (C=O) groups is 2. The van der Waals surface area contributed by atoms with E-state index in [9.17, 15) is 9.59 Å². The van der Waals surface area contributed by atoms with Crippen LogP contribution in [0.4, 0.5) is 0 Å². The molecule has 0 aliphatic heterocycles. The van der Waals surface area contributed by atoms with Crippen molar-refractivity contribution in [1.82, 2.24) is 0 Å². The van der Waals surface area contributed by atoms with Crippen molar-refractivity contribution < 1.29 is 19.1 Å². The average Bonchev–Trinajstić information content (AvgIpc) is 3.10. The van der Waals surface area contributed by atoms with E-state index in [0.717, 1.165) is 49.0 Å². The van der Waals surface area contributed by atoms with Crippen molar-refractivity contribution >= 4 is 23.7 Å². The highest BCUT2D eigenvalue weighted by Crippen LogP contribution is 2.18. The average molecular weight is 711 g/mol. The van der Waals surface area contributed by atoms with Crippen LogP contribution in [0.15, 0.2) is 0 Å². The van der Waals surface area contributed by atoms with Crippen molar-refractivity contribution in [3.63, 3.8) is 0 Å². The highest BCUT2D eigenvalue weighted by atomic mass is 32.2. The highest BCUT2D eigenvalue weighted by Gasteiger charge is 2.05. The van der Waals surface area contributed by atoms with Gasteiger partial charge in [0.1, 0.15) is 13.2 Å². The third-order valence-electron chi connectivity index (χ3n) is 10.5. The normalized spacial score (nSPS) is 12.7. The Labute approximate surface area is 311 Å². The van der Waals surface area contributed by atoms with Gasteiger partial charge < -0.3 is 9.47 Å². The largest absolute Gasteiger partial charge is 0.465 e. The number of hydrogen-bond donors (Lipinski definition) is 0. The fourth-order valence-electron chi connectivity index (χ4n) is 6.50. The lowest BCUT2D eigenvalue weighted by Gasteiger charge is -2.07. The van der Waals surface area contributed by atoms with Gasteiger partial charge in [-0.3, -0.25) is 9.59 Å². The molecular weight excluding hydrogens is 625 g/mol. The van der Waals surface area contributed by atoms with E-state index in [2.05, 4.69) is 27.7 Å². The Hall–Kier alpha value is -0.710. The molecule has 2 atom stereocenters. The van der Waals surface area contributed by atoms with Gasteiger partial charge in [-0.15, -0.1) is 0 Å². The monoisotopic (exact) mass is 711 g/mol. The second kappa shape index (κ2) is 40.1. The number of esters is 2. The molecule has 292 valence electrons. The van der Waals surface area contributed by atoms with Gasteiger partial charge in [0.2, 0.25) is 0 Å². The minimum atomic E-state index is -0.0690. The van der Waals surface area contributed by atoms with Gasteiger partial charge in [-0.2, -0.15) is 11.8 Å². The summed E-state index contributed by atoms with van der Waals surface area (Å²) in [5.74, 6) is 3.21. The Bertz CT molecular complexity index is 628. The molecule has 0 aliphatic rings. The molecule has 0 fully saturated rings. The Balaban J connectivity index is 3.26. The first-order valence-electron chi connectivity index (χ1n) is 21.9. The van der Waals surface area contributed by atoms with Gasteiger partial charge in [0.15, 0.2) is 0 Å². The number of thioether (sulfide) groups is 1. The molecular formula is C44H86O4S. The van der Waals surface area contributed by atoms with Gasteiger partial charge in [-0.1, -0.05) is 207 Å². The van der Waals surface area contributed by atoms with Crippen LogP contribution in [-0.2, 0) is 19.1 Å². The standard InChI is InChI=1S/C44H86O4S/c1-5-41(3)33-29-25-21-17-13-9-7-11-15-19-23-27-31-35-43(45)47-37-39-49-40-38-48-44(46)36-32-28-24-20-16-12-8-10-14-18-22-26-30-34-42(4)6-2/h41-42H,5-40H2,1-4H3. The van der Waals surface area contributed by atoms with Crippen molar-refractivity contribution in [2.24, 2.45) is 11.8 Å². The van der Waals surface area contributed by atoms with E-state index in [4.69, 9.17) is 9.47 Å². The van der Waals surface area contributed by atoms with Gasteiger partial charge in [0.05, 0.1) is 0 Å². The topological polar surface area (TPSA) is 52.6 Å². The summed E-state index contributed by atoms with van der Waals surface area (Å²) in [5.41, 5.74) is 0. The molecule has 49 heavy (non-hydrogen) atoms. The maximum absolute atomic E-state index is 12.0. The smallest absolute Gasteiger partial charge is 0.305 e. The lowest BCUT2D eigenvalue weighted by Crippen LogP contribution is -2.09. The summed E-state index contributed by atoms with van der Waals surface area (Å²) in [6.07, 6.45) is 41.0. The van der Waals surface area contributed by atoms with Crippen LogP contribution in [0.2, 0.25) is 0 Å². The van der Waals surface area contributed by atoms with E-state index in [-0.39, 0.29) is 11.9 Å². The van der Waals surface area contributed by atoms with E-state index in [1.807, 2.05) is 0 Å². The predicted octanol–water partition coefficient (Wildman–Crippen LogP) is 14.6. The van der Waals surface area contributed by atoms with Crippen molar-refractivity contribution in [3.05, 3.63) is 0 Å². The van der Waals surface area contributed by atoms with Crippen molar-refractivity contribution in [2.75, 3.05) is 24.7 Å². The van der Waals surface area contributed by atoms with E-state index >= 15 is 0 Å². The summed E-state index contributed by atoms with van der Waals surface area (Å²) >= 11 is 1.68. The van der Waals surface area contributed by atoms with Crippen LogP contribution in [-0.4, -0.2) is 36.7 Å². The van der Waals surface area contributed by atoms with E-state index in [0.29, 0.717) is 26.1 Å². The fraction of sp³-hybridized carbons (Fsp3) is 0.955. The second-order valence-corrected chi connectivity index (χ2v) is 16.6. The maximum Gasteiger partial charge on any atom is 0.305 e. The van der Waals surface area contributed by atoms with Crippen molar-refractivity contribution in [1.29, 1.82) is 0 Å². The van der Waals surface area contributed by atoms with Crippen LogP contribution < -0.4 is 0 Å². The number of rotatable bonds is 40. The molecule has 0 N–H and O–H groups in total. The number of unbranched alkanes of at least 4 members (excludes halogenated alkanes) is 24. The quantitative estimate of drug-likeness (QED) is 0.0468. The molecule has 0 saturated heterocycles. The van der Waals surface area contributed by atoms with Gasteiger partial charge in [0.25, 0.3) is 0 Å². The molecule has 0 bridgehead atoms. The second-order valence-electron chi connectivity index (χ2n) is 15.3.